The molecule has 1 aromatic carbocycles. The summed E-state index contributed by atoms with van der Waals surface area (Å²) in [4.78, 5) is 11.8. The molecule has 0 fully saturated rings. The molecule has 0 bridgehead atoms. The number of rotatable bonds is 0. The predicted molar refractivity (Wildman–Crippen MR) is 55.9 cm³/mol. The molecular formula is C9H8N2OS. The highest BCUT2D eigenvalue weighted by molar-refractivity contribution is 7.80. The summed E-state index contributed by atoms with van der Waals surface area (Å²) in [6, 6.07) is 7.49. The maximum atomic E-state index is 11.2. The molecule has 3 nitrogen and oxygen atoms in total. The number of amides is 1. The molecule has 0 spiro atoms. The van der Waals surface area contributed by atoms with E-state index in [0.717, 1.165) is 11.4 Å². The van der Waals surface area contributed by atoms with Gasteiger partial charge in [0.05, 0.1) is 22.8 Å². The summed E-state index contributed by atoms with van der Waals surface area (Å²) in [5.41, 5.74) is 1.64. The van der Waals surface area contributed by atoms with Crippen molar-refractivity contribution in [2.75, 3.05) is 10.6 Å². The Hall–Kier alpha value is -1.42. The van der Waals surface area contributed by atoms with Gasteiger partial charge in [-0.15, -0.1) is 0 Å². The Balaban J connectivity index is 2.43. The molecule has 1 amide bonds. The second kappa shape index (κ2) is 3.14. The molecular weight excluding hydrogens is 184 g/mol. The zero-order valence-electron chi connectivity index (χ0n) is 6.83. The largest absolute Gasteiger partial charge is 0.348 e. The van der Waals surface area contributed by atoms with Gasteiger partial charge in [0.25, 0.3) is 0 Å². The summed E-state index contributed by atoms with van der Waals surface area (Å²) in [6.07, 6.45) is 0.254. The van der Waals surface area contributed by atoms with Crippen LogP contribution in [0.2, 0.25) is 0 Å². The lowest BCUT2D eigenvalue weighted by molar-refractivity contribution is -0.115. The molecule has 2 rings (SSSR count). The number of para-hydroxylation sites is 2. The zero-order chi connectivity index (χ0) is 9.26. The van der Waals surface area contributed by atoms with E-state index in [-0.39, 0.29) is 12.3 Å². The number of anilines is 2. The van der Waals surface area contributed by atoms with Crippen LogP contribution < -0.4 is 10.6 Å². The normalized spacial score (nSPS) is 15.4. The average molecular weight is 192 g/mol. The molecule has 0 aliphatic carbocycles. The van der Waals surface area contributed by atoms with E-state index in [2.05, 4.69) is 10.6 Å². The molecule has 1 aliphatic rings. The summed E-state index contributed by atoms with van der Waals surface area (Å²) in [5.74, 6) is -0.0672. The van der Waals surface area contributed by atoms with Crippen molar-refractivity contribution in [3.63, 3.8) is 0 Å². The summed E-state index contributed by atoms with van der Waals surface area (Å²) < 4.78 is 0. The maximum Gasteiger partial charge on any atom is 0.231 e. The lowest BCUT2D eigenvalue weighted by atomic mass is 10.2. The SMILES string of the molecule is O=C1CC(=S)Nc2ccccc2N1. The first-order valence-electron chi connectivity index (χ1n) is 3.94. The van der Waals surface area contributed by atoms with E-state index < -0.39 is 0 Å². The number of carbonyl (C=O) groups excluding carboxylic acids is 1. The molecule has 0 saturated heterocycles. The summed E-state index contributed by atoms with van der Waals surface area (Å²) in [5, 5.41) is 5.76. The summed E-state index contributed by atoms with van der Waals surface area (Å²) in [7, 11) is 0. The van der Waals surface area contributed by atoms with E-state index in [0.29, 0.717) is 4.99 Å². The van der Waals surface area contributed by atoms with Crippen molar-refractivity contribution >= 4 is 34.5 Å². The van der Waals surface area contributed by atoms with Gasteiger partial charge in [-0.1, -0.05) is 24.4 Å². The molecule has 2 N–H and O–H groups in total. The fourth-order valence-corrected chi connectivity index (χ4v) is 1.48. The Bertz CT molecular complexity index is 341. The fraction of sp³-hybridized carbons (Fsp3) is 0.111. The number of carbonyl (C=O) groups is 1. The van der Waals surface area contributed by atoms with Gasteiger partial charge in [-0.05, 0) is 12.1 Å². The number of hydrogen-bond donors (Lipinski definition) is 2. The third-order valence-corrected chi connectivity index (χ3v) is 2.04. The van der Waals surface area contributed by atoms with Crippen molar-refractivity contribution in [3.05, 3.63) is 24.3 Å². The molecule has 0 radical (unpaired) electrons. The van der Waals surface area contributed by atoms with Crippen molar-refractivity contribution in [1.29, 1.82) is 0 Å². The number of benzene rings is 1. The van der Waals surface area contributed by atoms with E-state index in [1.54, 1.807) is 0 Å². The lowest BCUT2D eigenvalue weighted by Crippen LogP contribution is -2.14. The van der Waals surface area contributed by atoms with Crippen molar-refractivity contribution in [2.45, 2.75) is 6.42 Å². The quantitative estimate of drug-likeness (QED) is 0.615. The Morgan fingerprint density at radius 3 is 2.46 bits per heavy atom. The molecule has 0 aromatic heterocycles. The molecule has 1 heterocycles. The molecule has 0 saturated carbocycles. The Labute approximate surface area is 81.1 Å². The fourth-order valence-electron chi connectivity index (χ4n) is 1.24. The van der Waals surface area contributed by atoms with Crippen LogP contribution in [0.25, 0.3) is 0 Å². The van der Waals surface area contributed by atoms with Crippen LogP contribution in [0.15, 0.2) is 24.3 Å². The minimum absolute atomic E-state index is 0.0672. The van der Waals surface area contributed by atoms with E-state index in [4.69, 9.17) is 12.2 Å². The van der Waals surface area contributed by atoms with Crippen LogP contribution in [0.4, 0.5) is 11.4 Å². The van der Waals surface area contributed by atoms with Crippen LogP contribution in [-0.2, 0) is 4.79 Å². The van der Waals surface area contributed by atoms with Gasteiger partial charge in [0.2, 0.25) is 5.91 Å². The van der Waals surface area contributed by atoms with E-state index in [9.17, 15) is 4.79 Å². The number of fused-ring (bicyclic) bond motifs is 1. The zero-order valence-corrected chi connectivity index (χ0v) is 7.65. The van der Waals surface area contributed by atoms with Crippen LogP contribution in [0.1, 0.15) is 6.42 Å². The standard InChI is InChI=1S/C9H8N2OS/c12-8-5-9(13)11-7-4-2-1-3-6(7)10-8/h1-4H,5H2,(H,10,12)(H,11,13). The lowest BCUT2D eigenvalue weighted by Gasteiger charge is -2.05. The van der Waals surface area contributed by atoms with Gasteiger partial charge in [0.1, 0.15) is 0 Å². The highest BCUT2D eigenvalue weighted by atomic mass is 32.1. The van der Waals surface area contributed by atoms with Crippen molar-refractivity contribution in [1.82, 2.24) is 0 Å². The van der Waals surface area contributed by atoms with Gasteiger partial charge in [0.15, 0.2) is 0 Å². The van der Waals surface area contributed by atoms with Crippen molar-refractivity contribution in [2.24, 2.45) is 0 Å². The van der Waals surface area contributed by atoms with E-state index in [1.165, 1.54) is 0 Å². The monoisotopic (exact) mass is 192 g/mol. The van der Waals surface area contributed by atoms with Crippen LogP contribution in [-0.4, -0.2) is 10.9 Å². The van der Waals surface area contributed by atoms with Gasteiger partial charge < -0.3 is 10.6 Å². The molecule has 66 valence electrons. The molecule has 0 atom stereocenters. The Kier molecular flexibility index (Phi) is 1.98. The van der Waals surface area contributed by atoms with Crippen LogP contribution >= 0.6 is 12.2 Å². The van der Waals surface area contributed by atoms with Gasteiger partial charge in [-0.3, -0.25) is 4.79 Å². The van der Waals surface area contributed by atoms with Crippen LogP contribution in [0.3, 0.4) is 0 Å². The third-order valence-electron chi connectivity index (χ3n) is 1.80. The third kappa shape index (κ3) is 1.67. The number of hydrogen-bond acceptors (Lipinski definition) is 2. The number of nitrogens with one attached hydrogen (secondary N) is 2. The average Bonchev–Trinajstić information content (AvgIpc) is 2.20. The topological polar surface area (TPSA) is 41.1 Å². The second-order valence-corrected chi connectivity index (χ2v) is 3.31. The molecule has 13 heavy (non-hydrogen) atoms. The molecule has 1 aromatic rings. The second-order valence-electron chi connectivity index (χ2n) is 2.82. The maximum absolute atomic E-state index is 11.2. The van der Waals surface area contributed by atoms with Gasteiger partial charge in [0, 0.05) is 0 Å². The Morgan fingerprint density at radius 1 is 1.15 bits per heavy atom. The van der Waals surface area contributed by atoms with Gasteiger partial charge >= 0.3 is 0 Å². The Morgan fingerprint density at radius 2 is 1.77 bits per heavy atom. The first-order valence-corrected chi connectivity index (χ1v) is 4.35. The van der Waals surface area contributed by atoms with Crippen molar-refractivity contribution < 1.29 is 4.79 Å². The van der Waals surface area contributed by atoms with E-state index >= 15 is 0 Å². The molecule has 0 unspecified atom stereocenters. The summed E-state index contributed by atoms with van der Waals surface area (Å²) in [6.45, 7) is 0. The highest BCUT2D eigenvalue weighted by Crippen LogP contribution is 2.23. The molecule has 4 heteroatoms. The van der Waals surface area contributed by atoms with Crippen LogP contribution in [0, 0.1) is 0 Å². The smallest absolute Gasteiger partial charge is 0.231 e. The molecule has 1 aliphatic heterocycles. The minimum atomic E-state index is -0.0672. The predicted octanol–water partition coefficient (Wildman–Crippen LogP) is 1.77. The number of thiocarbonyl (C=S) groups is 1. The summed E-state index contributed by atoms with van der Waals surface area (Å²) >= 11 is 4.97. The first-order chi connectivity index (χ1) is 6.25. The van der Waals surface area contributed by atoms with Crippen molar-refractivity contribution in [3.8, 4) is 0 Å². The minimum Gasteiger partial charge on any atom is -0.348 e. The van der Waals surface area contributed by atoms with Crippen LogP contribution in [0.5, 0.6) is 0 Å². The highest BCUT2D eigenvalue weighted by Gasteiger charge is 2.14. The first kappa shape index (κ1) is 8.19. The van der Waals surface area contributed by atoms with Gasteiger partial charge in [-0.2, -0.15) is 0 Å². The van der Waals surface area contributed by atoms with E-state index in [1.807, 2.05) is 24.3 Å². The van der Waals surface area contributed by atoms with Gasteiger partial charge in [-0.25, -0.2) is 0 Å².